The Morgan fingerprint density at radius 3 is 2.80 bits per heavy atom. The van der Waals surface area contributed by atoms with Crippen LogP contribution in [-0.2, 0) is 14.2 Å². The van der Waals surface area contributed by atoms with Crippen LogP contribution in [0.25, 0.3) is 0 Å². The van der Waals surface area contributed by atoms with Crippen LogP contribution in [0.4, 0.5) is 0 Å². The third kappa shape index (κ3) is 6.22. The monoisotopic (exact) mass is 467 g/mol. The van der Waals surface area contributed by atoms with Gasteiger partial charge in [0.25, 0.3) is 0 Å². The molecule has 146 valence electrons. The molecular weight excluding hydrogens is 433 g/mol. The topological polar surface area (TPSA) is 55.3 Å². The molecule has 7 heteroatoms. The second kappa shape index (κ2) is 10.9. The molecular formula is C18H34IN3O3. The molecule has 3 aliphatic rings. The highest BCUT2D eigenvalue weighted by molar-refractivity contribution is 14.0. The molecule has 0 aliphatic carbocycles. The predicted molar refractivity (Wildman–Crippen MR) is 110 cm³/mol. The second-order valence-corrected chi connectivity index (χ2v) is 7.25. The molecule has 1 atom stereocenters. The minimum atomic E-state index is 0. The summed E-state index contributed by atoms with van der Waals surface area (Å²) in [4.78, 5) is 7.23. The van der Waals surface area contributed by atoms with Gasteiger partial charge in [-0.15, -0.1) is 24.0 Å². The lowest BCUT2D eigenvalue weighted by Crippen LogP contribution is -2.41. The van der Waals surface area contributed by atoms with Gasteiger partial charge in [0.2, 0.25) is 0 Å². The Labute approximate surface area is 169 Å². The van der Waals surface area contributed by atoms with Gasteiger partial charge in [0.1, 0.15) is 0 Å². The average Bonchev–Trinajstić information content (AvgIpc) is 3.25. The minimum Gasteiger partial charge on any atom is -0.381 e. The van der Waals surface area contributed by atoms with Gasteiger partial charge in [0, 0.05) is 58.0 Å². The average molecular weight is 467 g/mol. The van der Waals surface area contributed by atoms with Crippen LogP contribution < -0.4 is 5.32 Å². The first-order valence-electron chi connectivity index (χ1n) is 9.62. The van der Waals surface area contributed by atoms with Crippen LogP contribution in [0.3, 0.4) is 0 Å². The van der Waals surface area contributed by atoms with Crippen molar-refractivity contribution in [1.82, 2.24) is 10.2 Å². The van der Waals surface area contributed by atoms with Gasteiger partial charge in [-0.25, -0.2) is 0 Å². The standard InChI is InChI=1S/C18H33N3O3.HI/c1-2-19-17(21-9-6-18(14-21)7-13-23-15-18)20-8-3-10-24-16-4-11-22-12-5-16;/h16H,2-15H2,1H3,(H,19,20);1H. The van der Waals surface area contributed by atoms with E-state index in [1.54, 1.807) is 0 Å². The maximum absolute atomic E-state index is 5.93. The maximum atomic E-state index is 5.93. The Bertz CT molecular complexity index is 410. The number of ether oxygens (including phenoxy) is 3. The summed E-state index contributed by atoms with van der Waals surface area (Å²) < 4.78 is 16.9. The smallest absolute Gasteiger partial charge is 0.193 e. The van der Waals surface area contributed by atoms with Crippen molar-refractivity contribution in [1.29, 1.82) is 0 Å². The van der Waals surface area contributed by atoms with Crippen molar-refractivity contribution < 1.29 is 14.2 Å². The number of likely N-dealkylation sites (tertiary alicyclic amines) is 1. The Balaban J connectivity index is 0.00000225. The fourth-order valence-electron chi connectivity index (χ4n) is 3.86. The molecule has 3 fully saturated rings. The summed E-state index contributed by atoms with van der Waals surface area (Å²) in [7, 11) is 0. The van der Waals surface area contributed by atoms with Crippen molar-refractivity contribution >= 4 is 29.9 Å². The number of hydrogen-bond acceptors (Lipinski definition) is 4. The lowest BCUT2D eigenvalue weighted by molar-refractivity contribution is -0.0318. The number of nitrogens with one attached hydrogen (secondary N) is 1. The quantitative estimate of drug-likeness (QED) is 0.281. The van der Waals surface area contributed by atoms with Crippen LogP contribution in [0.15, 0.2) is 4.99 Å². The fraction of sp³-hybridized carbons (Fsp3) is 0.944. The molecule has 0 amide bonds. The predicted octanol–water partition coefficient (Wildman–Crippen LogP) is 2.27. The van der Waals surface area contributed by atoms with E-state index in [0.717, 1.165) is 84.4 Å². The van der Waals surface area contributed by atoms with E-state index >= 15 is 0 Å². The van der Waals surface area contributed by atoms with Crippen LogP contribution in [-0.4, -0.2) is 76.2 Å². The molecule has 0 radical (unpaired) electrons. The van der Waals surface area contributed by atoms with Gasteiger partial charge in [-0.2, -0.15) is 0 Å². The summed E-state index contributed by atoms with van der Waals surface area (Å²) in [6.45, 7) is 10.4. The molecule has 0 aromatic carbocycles. The first-order valence-corrected chi connectivity index (χ1v) is 9.62. The molecule has 6 nitrogen and oxygen atoms in total. The van der Waals surface area contributed by atoms with E-state index < -0.39 is 0 Å². The highest BCUT2D eigenvalue weighted by Crippen LogP contribution is 2.38. The van der Waals surface area contributed by atoms with Crippen LogP contribution in [0.1, 0.15) is 39.0 Å². The lowest BCUT2D eigenvalue weighted by atomic mass is 9.87. The number of aliphatic imine (C=N–C) groups is 1. The van der Waals surface area contributed by atoms with Crippen molar-refractivity contribution in [2.45, 2.75) is 45.1 Å². The SMILES string of the molecule is CCNC(=NCCCOC1CCOCC1)N1CCC2(CCOC2)C1.I. The summed E-state index contributed by atoms with van der Waals surface area (Å²) in [6.07, 6.45) is 5.85. The highest BCUT2D eigenvalue weighted by atomic mass is 127. The van der Waals surface area contributed by atoms with Crippen molar-refractivity contribution in [2.24, 2.45) is 10.4 Å². The Morgan fingerprint density at radius 2 is 2.08 bits per heavy atom. The first-order chi connectivity index (χ1) is 11.8. The van der Waals surface area contributed by atoms with Crippen molar-refractivity contribution in [3.8, 4) is 0 Å². The molecule has 0 bridgehead atoms. The molecule has 25 heavy (non-hydrogen) atoms. The molecule has 0 aromatic rings. The Kier molecular flexibility index (Phi) is 9.23. The minimum absolute atomic E-state index is 0. The van der Waals surface area contributed by atoms with Gasteiger partial charge in [-0.1, -0.05) is 0 Å². The zero-order valence-corrected chi connectivity index (χ0v) is 17.8. The summed E-state index contributed by atoms with van der Waals surface area (Å²) in [5.74, 6) is 1.06. The fourth-order valence-corrected chi connectivity index (χ4v) is 3.86. The van der Waals surface area contributed by atoms with Crippen molar-refractivity contribution in [3.63, 3.8) is 0 Å². The second-order valence-electron chi connectivity index (χ2n) is 7.25. The molecule has 3 rings (SSSR count). The normalized spacial score (nSPS) is 27.7. The van der Waals surface area contributed by atoms with Crippen LogP contribution in [0, 0.1) is 5.41 Å². The Morgan fingerprint density at radius 1 is 1.24 bits per heavy atom. The van der Waals surface area contributed by atoms with Gasteiger partial charge in [-0.05, 0) is 39.0 Å². The molecule has 3 heterocycles. The summed E-state index contributed by atoms with van der Waals surface area (Å²) >= 11 is 0. The van der Waals surface area contributed by atoms with E-state index in [1.807, 2.05) is 0 Å². The van der Waals surface area contributed by atoms with Gasteiger partial charge >= 0.3 is 0 Å². The van der Waals surface area contributed by atoms with Crippen LogP contribution in [0.5, 0.6) is 0 Å². The van der Waals surface area contributed by atoms with E-state index in [0.29, 0.717) is 11.5 Å². The largest absolute Gasteiger partial charge is 0.381 e. The summed E-state index contributed by atoms with van der Waals surface area (Å²) in [6, 6.07) is 0. The number of nitrogens with zero attached hydrogens (tertiary/aromatic N) is 2. The van der Waals surface area contributed by atoms with E-state index in [9.17, 15) is 0 Å². The third-order valence-corrected chi connectivity index (χ3v) is 5.34. The zero-order valence-electron chi connectivity index (χ0n) is 15.5. The molecule has 3 aliphatic heterocycles. The van der Waals surface area contributed by atoms with E-state index in [2.05, 4.69) is 17.1 Å². The Hall–Kier alpha value is -0.120. The van der Waals surface area contributed by atoms with Crippen molar-refractivity contribution in [2.75, 3.05) is 59.2 Å². The van der Waals surface area contributed by atoms with Gasteiger partial charge in [0.15, 0.2) is 5.96 Å². The first kappa shape index (κ1) is 21.2. The molecule has 1 unspecified atom stereocenters. The van der Waals surface area contributed by atoms with Crippen LogP contribution in [0.2, 0.25) is 0 Å². The van der Waals surface area contributed by atoms with Crippen molar-refractivity contribution in [3.05, 3.63) is 0 Å². The lowest BCUT2D eigenvalue weighted by Gasteiger charge is -2.25. The molecule has 1 N–H and O–H groups in total. The van der Waals surface area contributed by atoms with E-state index in [4.69, 9.17) is 19.2 Å². The molecule has 0 saturated carbocycles. The van der Waals surface area contributed by atoms with Gasteiger partial charge in [0.05, 0.1) is 12.7 Å². The number of hydrogen-bond donors (Lipinski definition) is 1. The van der Waals surface area contributed by atoms with E-state index in [-0.39, 0.29) is 24.0 Å². The third-order valence-electron chi connectivity index (χ3n) is 5.34. The molecule has 1 spiro atoms. The maximum Gasteiger partial charge on any atom is 0.193 e. The van der Waals surface area contributed by atoms with Crippen LogP contribution >= 0.6 is 24.0 Å². The highest BCUT2D eigenvalue weighted by Gasteiger charge is 2.42. The number of guanidine groups is 1. The zero-order chi connectivity index (χ0) is 16.7. The van der Waals surface area contributed by atoms with Gasteiger partial charge < -0.3 is 24.4 Å². The number of halogens is 1. The van der Waals surface area contributed by atoms with E-state index in [1.165, 1.54) is 12.8 Å². The number of rotatable bonds is 6. The molecule has 0 aromatic heterocycles. The summed E-state index contributed by atoms with van der Waals surface area (Å²) in [5, 5.41) is 3.45. The van der Waals surface area contributed by atoms with Gasteiger partial charge in [-0.3, -0.25) is 4.99 Å². The molecule has 3 saturated heterocycles. The summed E-state index contributed by atoms with van der Waals surface area (Å²) in [5.41, 5.74) is 0.377.